The molecule has 1 unspecified atom stereocenters. The van der Waals surface area contributed by atoms with E-state index in [1.54, 1.807) is 0 Å². The average Bonchev–Trinajstić information content (AvgIpc) is 3.00. The largest absolute Gasteiger partial charge is 0.416 e. The maximum atomic E-state index is 13.2. The van der Waals surface area contributed by atoms with E-state index >= 15 is 0 Å². The Bertz CT molecular complexity index is 736. The number of carbonyl (C=O) groups excluding carboxylic acids is 2. The molecule has 28 heavy (non-hydrogen) atoms. The van der Waals surface area contributed by atoms with Crippen molar-refractivity contribution in [3.8, 4) is 0 Å². The Labute approximate surface area is 164 Å². The van der Waals surface area contributed by atoms with Crippen molar-refractivity contribution >= 4 is 24.2 Å². The van der Waals surface area contributed by atoms with Gasteiger partial charge in [0.2, 0.25) is 5.91 Å². The van der Waals surface area contributed by atoms with Crippen molar-refractivity contribution in [2.75, 3.05) is 32.7 Å². The molecule has 1 atom stereocenters. The van der Waals surface area contributed by atoms with Gasteiger partial charge in [0, 0.05) is 38.2 Å². The number of nitrogens with one attached hydrogen (secondary N) is 1. The molecule has 2 aliphatic heterocycles. The van der Waals surface area contributed by atoms with Gasteiger partial charge in [-0.05, 0) is 18.2 Å². The monoisotopic (exact) mass is 427 g/mol. The molecule has 11 heteroatoms. The first-order valence-corrected chi connectivity index (χ1v) is 8.43. The summed E-state index contributed by atoms with van der Waals surface area (Å²) >= 11 is 0. The molecular formula is C17H19ClF5N3O2. The van der Waals surface area contributed by atoms with Crippen LogP contribution in [0.4, 0.5) is 22.0 Å². The first-order chi connectivity index (χ1) is 12.6. The molecule has 1 aromatic rings. The van der Waals surface area contributed by atoms with Crippen molar-refractivity contribution in [1.82, 2.24) is 15.1 Å². The number of hydrogen-bond donors (Lipinski definition) is 1. The third-order valence-electron chi connectivity index (χ3n) is 4.72. The van der Waals surface area contributed by atoms with Crippen LogP contribution in [-0.2, 0) is 11.0 Å². The van der Waals surface area contributed by atoms with Crippen LogP contribution in [0.1, 0.15) is 22.3 Å². The van der Waals surface area contributed by atoms with Crippen molar-refractivity contribution in [3.05, 3.63) is 35.4 Å². The third-order valence-corrected chi connectivity index (χ3v) is 4.72. The molecule has 0 radical (unpaired) electrons. The van der Waals surface area contributed by atoms with Crippen LogP contribution in [0.2, 0.25) is 0 Å². The summed E-state index contributed by atoms with van der Waals surface area (Å²) in [6.45, 7) is 0.00579. The van der Waals surface area contributed by atoms with Gasteiger partial charge in [0.25, 0.3) is 11.8 Å². The maximum absolute atomic E-state index is 13.2. The lowest BCUT2D eigenvalue weighted by atomic mass is 10.1. The van der Waals surface area contributed by atoms with Gasteiger partial charge in [0.1, 0.15) is 0 Å². The number of alkyl halides is 5. The van der Waals surface area contributed by atoms with Gasteiger partial charge in [0.05, 0.1) is 18.2 Å². The average molecular weight is 428 g/mol. The molecule has 156 valence electrons. The minimum Gasteiger partial charge on any atom is -0.338 e. The Morgan fingerprint density at radius 2 is 1.68 bits per heavy atom. The summed E-state index contributed by atoms with van der Waals surface area (Å²) in [6.07, 6.45) is -5.10. The van der Waals surface area contributed by atoms with E-state index in [0.29, 0.717) is 0 Å². The molecule has 0 aromatic heterocycles. The molecule has 0 saturated carbocycles. The van der Waals surface area contributed by atoms with E-state index in [0.717, 1.165) is 12.1 Å². The van der Waals surface area contributed by atoms with Crippen LogP contribution in [0.15, 0.2) is 24.3 Å². The lowest BCUT2D eigenvalue weighted by Gasteiger charge is -2.36. The summed E-state index contributed by atoms with van der Waals surface area (Å²) in [4.78, 5) is 27.5. The van der Waals surface area contributed by atoms with E-state index in [4.69, 9.17) is 0 Å². The van der Waals surface area contributed by atoms with Crippen LogP contribution in [0.3, 0.4) is 0 Å². The molecule has 1 aromatic carbocycles. The zero-order chi connectivity index (χ0) is 19.8. The second-order valence-corrected chi connectivity index (χ2v) is 6.69. The molecule has 2 aliphatic rings. The van der Waals surface area contributed by atoms with E-state index in [1.165, 1.54) is 21.9 Å². The summed E-state index contributed by atoms with van der Waals surface area (Å²) in [5, 5.41) is 2.50. The minimum atomic E-state index is -4.54. The molecule has 5 nitrogen and oxygen atoms in total. The number of nitrogens with zero attached hydrogens (tertiary/aromatic N) is 2. The van der Waals surface area contributed by atoms with Gasteiger partial charge in [-0.15, -0.1) is 12.4 Å². The van der Waals surface area contributed by atoms with Crippen LogP contribution in [0, 0.1) is 0 Å². The number of hydrogen-bond acceptors (Lipinski definition) is 3. The van der Waals surface area contributed by atoms with Gasteiger partial charge < -0.3 is 9.80 Å². The number of amides is 2. The van der Waals surface area contributed by atoms with Crippen LogP contribution >= 0.6 is 12.4 Å². The fraction of sp³-hybridized carbons (Fsp3) is 0.529. The minimum absolute atomic E-state index is 0. The molecule has 0 aliphatic carbocycles. The Balaban J connectivity index is 0.00000280. The molecule has 1 N–H and O–H groups in total. The molecule has 0 bridgehead atoms. The molecule has 2 saturated heterocycles. The fourth-order valence-electron chi connectivity index (χ4n) is 3.25. The second-order valence-electron chi connectivity index (χ2n) is 6.69. The maximum Gasteiger partial charge on any atom is 0.416 e. The summed E-state index contributed by atoms with van der Waals surface area (Å²) in [5.74, 6) is -3.92. The molecule has 2 fully saturated rings. The normalized spacial score (nSPS) is 22.0. The van der Waals surface area contributed by atoms with Gasteiger partial charge in [-0.1, -0.05) is 6.07 Å². The molecule has 2 amide bonds. The predicted octanol–water partition coefficient (Wildman–Crippen LogP) is 2.41. The topological polar surface area (TPSA) is 52.7 Å². The standard InChI is InChI=1S/C17H18F5N3O2.ClH/c18-16(19)9-13(23-10-16)15(27)25-6-4-24(5-7-25)14(26)11-2-1-3-12(8-11)17(20,21)22;/h1-3,8,13,23H,4-7,9-10H2;1H. The summed E-state index contributed by atoms with van der Waals surface area (Å²) in [6, 6.07) is 3.20. The zero-order valence-electron chi connectivity index (χ0n) is 14.6. The fourth-order valence-corrected chi connectivity index (χ4v) is 3.25. The van der Waals surface area contributed by atoms with Crippen molar-refractivity contribution in [1.29, 1.82) is 0 Å². The third kappa shape index (κ3) is 4.91. The van der Waals surface area contributed by atoms with E-state index in [-0.39, 0.29) is 44.1 Å². The number of carbonyl (C=O) groups is 2. The number of benzene rings is 1. The van der Waals surface area contributed by atoms with Gasteiger partial charge in [-0.2, -0.15) is 13.2 Å². The first-order valence-electron chi connectivity index (χ1n) is 8.43. The first kappa shape index (κ1) is 22.4. The lowest BCUT2D eigenvalue weighted by Crippen LogP contribution is -2.54. The summed E-state index contributed by atoms with van der Waals surface area (Å²) < 4.78 is 64.8. The molecule has 3 rings (SSSR count). The van der Waals surface area contributed by atoms with E-state index in [2.05, 4.69) is 5.32 Å². The predicted molar refractivity (Wildman–Crippen MR) is 92.5 cm³/mol. The van der Waals surface area contributed by atoms with Crippen LogP contribution in [0.25, 0.3) is 0 Å². The van der Waals surface area contributed by atoms with E-state index in [1.807, 2.05) is 0 Å². The summed E-state index contributed by atoms with van der Waals surface area (Å²) in [5.41, 5.74) is -0.989. The molecular weight excluding hydrogens is 409 g/mol. The Kier molecular flexibility index (Phi) is 6.55. The van der Waals surface area contributed by atoms with E-state index < -0.39 is 48.5 Å². The van der Waals surface area contributed by atoms with Crippen LogP contribution in [-0.4, -0.2) is 66.3 Å². The van der Waals surface area contributed by atoms with Crippen molar-refractivity contribution in [2.24, 2.45) is 0 Å². The zero-order valence-corrected chi connectivity index (χ0v) is 15.5. The Morgan fingerprint density at radius 3 is 2.21 bits per heavy atom. The molecule has 0 spiro atoms. The highest BCUT2D eigenvalue weighted by molar-refractivity contribution is 5.94. The quantitative estimate of drug-likeness (QED) is 0.738. The Hall–Kier alpha value is -1.94. The van der Waals surface area contributed by atoms with Crippen molar-refractivity contribution in [3.63, 3.8) is 0 Å². The van der Waals surface area contributed by atoms with Crippen LogP contribution < -0.4 is 5.32 Å². The lowest BCUT2D eigenvalue weighted by molar-refractivity contribution is -0.137. The van der Waals surface area contributed by atoms with Gasteiger partial charge in [-0.25, -0.2) is 8.78 Å². The number of rotatable bonds is 2. The summed E-state index contributed by atoms with van der Waals surface area (Å²) in [7, 11) is 0. The Morgan fingerprint density at radius 1 is 1.07 bits per heavy atom. The van der Waals surface area contributed by atoms with Gasteiger partial charge in [0.15, 0.2) is 0 Å². The van der Waals surface area contributed by atoms with E-state index in [9.17, 15) is 31.5 Å². The smallest absolute Gasteiger partial charge is 0.338 e. The number of piperazine rings is 1. The highest BCUT2D eigenvalue weighted by Crippen LogP contribution is 2.30. The molecule has 2 heterocycles. The van der Waals surface area contributed by atoms with Gasteiger partial charge >= 0.3 is 6.18 Å². The number of halogens is 6. The van der Waals surface area contributed by atoms with Crippen molar-refractivity contribution < 1.29 is 31.5 Å². The van der Waals surface area contributed by atoms with Crippen LogP contribution in [0.5, 0.6) is 0 Å². The highest BCUT2D eigenvalue weighted by Gasteiger charge is 2.44. The van der Waals surface area contributed by atoms with Crippen molar-refractivity contribution in [2.45, 2.75) is 24.6 Å². The SMILES string of the molecule is Cl.O=C(c1cccc(C(F)(F)F)c1)N1CCN(C(=O)C2CC(F)(F)CN2)CC1. The van der Waals surface area contributed by atoms with Gasteiger partial charge in [-0.3, -0.25) is 14.9 Å². The second kappa shape index (κ2) is 8.20. The highest BCUT2D eigenvalue weighted by atomic mass is 35.5.